The maximum Gasteiger partial charge on any atom is 0.348 e. The van der Waals surface area contributed by atoms with Gasteiger partial charge in [-0.3, -0.25) is 4.72 Å². The molecule has 0 atom stereocenters. The molecule has 0 aliphatic heterocycles. The number of carboxylic acid groups (broad SMARTS) is 1. The van der Waals surface area contributed by atoms with Crippen LogP contribution in [-0.4, -0.2) is 19.5 Å². The summed E-state index contributed by atoms with van der Waals surface area (Å²) in [7, 11) is -3.88. The summed E-state index contributed by atoms with van der Waals surface area (Å²) < 4.78 is 27.2. The highest BCUT2D eigenvalue weighted by Crippen LogP contribution is 2.36. The minimum Gasteiger partial charge on any atom is -0.477 e. The topological polar surface area (TPSA) is 83.5 Å². The van der Waals surface area contributed by atoms with Crippen molar-refractivity contribution in [1.82, 2.24) is 0 Å². The molecule has 0 saturated carbocycles. The fraction of sp³-hybridized carbons (Fsp3) is 0.267. The van der Waals surface area contributed by atoms with Crippen LogP contribution in [0.4, 0.5) is 5.69 Å². The summed E-state index contributed by atoms with van der Waals surface area (Å²) in [6.07, 6.45) is 0. The molecule has 0 aliphatic rings. The lowest BCUT2D eigenvalue weighted by Crippen LogP contribution is -2.14. The van der Waals surface area contributed by atoms with E-state index in [0.29, 0.717) is 5.02 Å². The third-order valence-corrected chi connectivity index (χ3v) is 6.22. The Labute approximate surface area is 144 Å². The number of rotatable bonds is 4. The highest BCUT2D eigenvalue weighted by Gasteiger charge is 2.25. The number of hydrogen-bond donors (Lipinski definition) is 2. The fourth-order valence-corrected chi connectivity index (χ4v) is 4.08. The van der Waals surface area contributed by atoms with E-state index >= 15 is 0 Å². The van der Waals surface area contributed by atoms with Crippen LogP contribution in [-0.2, 0) is 15.4 Å². The SMILES string of the molecule is CC(C)(C)c1cc(NS(=O)(=O)c2ccc(Cl)cc2)c(C(=O)O)s1. The Morgan fingerprint density at radius 2 is 1.78 bits per heavy atom. The maximum absolute atomic E-state index is 12.4. The van der Waals surface area contributed by atoms with Gasteiger partial charge in [0, 0.05) is 9.90 Å². The zero-order valence-electron chi connectivity index (χ0n) is 12.8. The van der Waals surface area contributed by atoms with Crippen molar-refractivity contribution < 1.29 is 18.3 Å². The number of nitrogens with one attached hydrogen (secondary N) is 1. The summed E-state index contributed by atoms with van der Waals surface area (Å²) in [6.45, 7) is 5.80. The van der Waals surface area contributed by atoms with Crippen LogP contribution >= 0.6 is 22.9 Å². The summed E-state index contributed by atoms with van der Waals surface area (Å²) in [5, 5.41) is 9.72. The van der Waals surface area contributed by atoms with Crippen molar-refractivity contribution in [2.75, 3.05) is 4.72 Å². The first-order valence-electron chi connectivity index (χ1n) is 6.67. The highest BCUT2D eigenvalue weighted by atomic mass is 35.5. The zero-order chi connectivity index (χ0) is 17.4. The number of benzene rings is 1. The van der Waals surface area contributed by atoms with Gasteiger partial charge in [-0.25, -0.2) is 13.2 Å². The standard InChI is InChI=1S/C15H16ClNO4S2/c1-15(2,3)12-8-11(13(22-12)14(18)19)17-23(20,21)10-6-4-9(16)5-7-10/h4-8,17H,1-3H3,(H,18,19). The molecule has 0 aliphatic carbocycles. The van der Waals surface area contributed by atoms with Gasteiger partial charge in [0.15, 0.2) is 0 Å². The van der Waals surface area contributed by atoms with Crippen LogP contribution in [0.5, 0.6) is 0 Å². The van der Waals surface area contributed by atoms with E-state index < -0.39 is 16.0 Å². The van der Waals surface area contributed by atoms with Crippen LogP contribution in [0, 0.1) is 0 Å². The van der Waals surface area contributed by atoms with Gasteiger partial charge >= 0.3 is 5.97 Å². The quantitative estimate of drug-likeness (QED) is 0.841. The van der Waals surface area contributed by atoms with Crippen molar-refractivity contribution in [3.05, 3.63) is 45.1 Å². The Morgan fingerprint density at radius 1 is 1.22 bits per heavy atom. The number of halogens is 1. The summed E-state index contributed by atoms with van der Waals surface area (Å²) in [6, 6.07) is 7.22. The van der Waals surface area contributed by atoms with Gasteiger partial charge in [0.25, 0.3) is 10.0 Å². The van der Waals surface area contributed by atoms with Crippen molar-refractivity contribution in [2.24, 2.45) is 0 Å². The first kappa shape index (κ1) is 17.8. The first-order valence-corrected chi connectivity index (χ1v) is 9.34. The predicted octanol–water partition coefficient (Wildman–Crippen LogP) is 4.20. The Kier molecular flexibility index (Phi) is 4.75. The van der Waals surface area contributed by atoms with E-state index in [9.17, 15) is 18.3 Å². The van der Waals surface area contributed by atoms with Crippen LogP contribution in [0.1, 0.15) is 35.3 Å². The highest BCUT2D eigenvalue weighted by molar-refractivity contribution is 7.92. The van der Waals surface area contributed by atoms with E-state index in [2.05, 4.69) is 4.72 Å². The Bertz CT molecular complexity index is 833. The monoisotopic (exact) mass is 373 g/mol. The van der Waals surface area contributed by atoms with Crippen molar-refractivity contribution in [1.29, 1.82) is 0 Å². The summed E-state index contributed by atoms with van der Waals surface area (Å²) in [5.41, 5.74) is -0.207. The minimum absolute atomic E-state index is 0.0155. The molecular formula is C15H16ClNO4S2. The van der Waals surface area contributed by atoms with Crippen LogP contribution in [0.3, 0.4) is 0 Å². The first-order chi connectivity index (χ1) is 10.5. The van der Waals surface area contributed by atoms with Gasteiger partial charge in [0.2, 0.25) is 0 Å². The maximum atomic E-state index is 12.4. The molecule has 1 heterocycles. The van der Waals surface area contributed by atoms with Crippen LogP contribution in [0.2, 0.25) is 5.02 Å². The molecule has 23 heavy (non-hydrogen) atoms. The number of hydrogen-bond acceptors (Lipinski definition) is 4. The van der Waals surface area contributed by atoms with Crippen molar-refractivity contribution >= 4 is 44.6 Å². The fourth-order valence-electron chi connectivity index (χ4n) is 1.81. The van der Waals surface area contributed by atoms with Gasteiger partial charge in [0.05, 0.1) is 10.6 Å². The number of anilines is 1. The third-order valence-electron chi connectivity index (χ3n) is 3.03. The van der Waals surface area contributed by atoms with E-state index in [1.54, 1.807) is 6.07 Å². The lowest BCUT2D eigenvalue weighted by Gasteiger charge is -2.15. The molecule has 2 aromatic rings. The molecule has 1 aromatic heterocycles. The second kappa shape index (κ2) is 6.14. The molecule has 0 fully saturated rings. The van der Waals surface area contributed by atoms with Crippen LogP contribution in [0.15, 0.2) is 35.2 Å². The average molecular weight is 374 g/mol. The second-order valence-electron chi connectivity index (χ2n) is 5.97. The zero-order valence-corrected chi connectivity index (χ0v) is 15.1. The van der Waals surface area contributed by atoms with Gasteiger partial charge < -0.3 is 5.11 Å². The van der Waals surface area contributed by atoms with Gasteiger partial charge in [0.1, 0.15) is 4.88 Å². The summed E-state index contributed by atoms with van der Waals surface area (Å²) in [4.78, 5) is 12.1. The molecule has 0 spiro atoms. The number of carbonyl (C=O) groups is 1. The van der Waals surface area contributed by atoms with E-state index in [-0.39, 0.29) is 20.9 Å². The van der Waals surface area contributed by atoms with Crippen LogP contribution in [0.25, 0.3) is 0 Å². The van der Waals surface area contributed by atoms with Gasteiger partial charge in [-0.1, -0.05) is 32.4 Å². The molecule has 0 amide bonds. The number of sulfonamides is 1. The molecule has 124 valence electrons. The van der Waals surface area contributed by atoms with E-state index in [1.165, 1.54) is 24.3 Å². The summed E-state index contributed by atoms with van der Waals surface area (Å²) >= 11 is 6.82. The molecule has 0 unspecified atom stereocenters. The molecule has 0 saturated heterocycles. The van der Waals surface area contributed by atoms with Gasteiger partial charge in [-0.15, -0.1) is 11.3 Å². The van der Waals surface area contributed by atoms with E-state index in [0.717, 1.165) is 16.2 Å². The van der Waals surface area contributed by atoms with Crippen molar-refractivity contribution in [3.63, 3.8) is 0 Å². The van der Waals surface area contributed by atoms with Crippen molar-refractivity contribution in [2.45, 2.75) is 31.1 Å². The molecule has 0 bridgehead atoms. The number of carboxylic acids is 1. The average Bonchev–Trinajstić information content (AvgIpc) is 2.82. The second-order valence-corrected chi connectivity index (χ2v) is 9.14. The smallest absolute Gasteiger partial charge is 0.348 e. The van der Waals surface area contributed by atoms with Gasteiger partial charge in [-0.05, 0) is 35.7 Å². The van der Waals surface area contributed by atoms with Crippen LogP contribution < -0.4 is 4.72 Å². The number of aromatic carboxylic acids is 1. The molecule has 8 heteroatoms. The lowest BCUT2D eigenvalue weighted by molar-refractivity contribution is 0.0703. The van der Waals surface area contributed by atoms with E-state index in [4.69, 9.17) is 11.6 Å². The Hall–Kier alpha value is -1.57. The lowest BCUT2D eigenvalue weighted by atomic mass is 9.95. The minimum atomic E-state index is -3.88. The molecule has 1 aromatic carbocycles. The number of thiophene rings is 1. The molecule has 0 radical (unpaired) electrons. The summed E-state index contributed by atoms with van der Waals surface area (Å²) in [5.74, 6) is -1.17. The Balaban J connectivity index is 2.44. The Morgan fingerprint density at radius 3 is 2.26 bits per heavy atom. The largest absolute Gasteiger partial charge is 0.477 e. The third kappa shape index (κ3) is 4.04. The van der Waals surface area contributed by atoms with E-state index in [1.807, 2.05) is 20.8 Å². The molecule has 2 rings (SSSR count). The van der Waals surface area contributed by atoms with Crippen molar-refractivity contribution in [3.8, 4) is 0 Å². The predicted molar refractivity (Wildman–Crippen MR) is 92.2 cm³/mol. The molecule has 2 N–H and O–H groups in total. The van der Waals surface area contributed by atoms with Gasteiger partial charge in [-0.2, -0.15) is 0 Å². The molecule has 5 nitrogen and oxygen atoms in total. The molecular weight excluding hydrogens is 358 g/mol. The normalized spacial score (nSPS) is 12.2.